The fourth-order valence-corrected chi connectivity index (χ4v) is 3.64. The van der Waals surface area contributed by atoms with Crippen molar-refractivity contribution in [2.45, 2.75) is 30.8 Å². The minimum absolute atomic E-state index is 0.235. The molecule has 9 heteroatoms. The highest BCUT2D eigenvalue weighted by atomic mass is 16.5. The van der Waals surface area contributed by atoms with Crippen LogP contribution in [0, 0.1) is 0 Å². The Bertz CT molecular complexity index is 777. The van der Waals surface area contributed by atoms with Crippen molar-refractivity contribution in [2.75, 3.05) is 33.5 Å². The molecule has 0 radical (unpaired) electrons. The second-order valence-corrected chi connectivity index (χ2v) is 7.25. The number of nitrogens with one attached hydrogen (secondary N) is 2. The standard InChI is InChI=1S/C19H25N3O6/c1-18(13-5-3-4-6-14(13)27-2)16(25)22(17(26)21-18)11-15(24)20-19(12-23)7-9-28-10-8-19/h3-6,23H,7-12H2,1-2H3,(H,20,24)(H,21,26). The van der Waals surface area contributed by atoms with E-state index in [1.165, 1.54) is 7.11 Å². The van der Waals surface area contributed by atoms with Gasteiger partial charge in [-0.3, -0.25) is 14.5 Å². The largest absolute Gasteiger partial charge is 0.496 e. The van der Waals surface area contributed by atoms with Gasteiger partial charge in [-0.1, -0.05) is 18.2 Å². The van der Waals surface area contributed by atoms with Gasteiger partial charge in [-0.05, 0) is 25.8 Å². The van der Waals surface area contributed by atoms with E-state index in [0.717, 1.165) is 4.90 Å². The molecule has 4 amide bonds. The summed E-state index contributed by atoms with van der Waals surface area (Å²) < 4.78 is 10.6. The number of carbonyl (C=O) groups excluding carboxylic acids is 3. The van der Waals surface area contributed by atoms with Crippen molar-refractivity contribution in [3.05, 3.63) is 29.8 Å². The molecule has 0 spiro atoms. The highest BCUT2D eigenvalue weighted by Crippen LogP contribution is 2.34. The predicted molar refractivity (Wildman–Crippen MR) is 98.6 cm³/mol. The quantitative estimate of drug-likeness (QED) is 0.593. The number of rotatable bonds is 6. The highest BCUT2D eigenvalue weighted by Gasteiger charge is 2.51. The molecule has 28 heavy (non-hydrogen) atoms. The monoisotopic (exact) mass is 391 g/mol. The number of aliphatic hydroxyl groups excluding tert-OH is 1. The summed E-state index contributed by atoms with van der Waals surface area (Å²) in [6, 6.07) is 6.25. The number of aliphatic hydroxyl groups is 1. The molecule has 2 aliphatic heterocycles. The normalized spacial score (nSPS) is 24.0. The van der Waals surface area contributed by atoms with E-state index in [2.05, 4.69) is 10.6 Å². The average Bonchev–Trinajstić information content (AvgIpc) is 2.92. The molecule has 2 heterocycles. The van der Waals surface area contributed by atoms with Crippen molar-refractivity contribution in [1.82, 2.24) is 15.5 Å². The van der Waals surface area contributed by atoms with Crippen molar-refractivity contribution in [2.24, 2.45) is 0 Å². The summed E-state index contributed by atoms with van der Waals surface area (Å²) in [7, 11) is 1.48. The fourth-order valence-electron chi connectivity index (χ4n) is 3.64. The van der Waals surface area contributed by atoms with Crippen LogP contribution in [0.4, 0.5) is 4.79 Å². The minimum atomic E-state index is -1.34. The third-order valence-electron chi connectivity index (χ3n) is 5.38. The van der Waals surface area contributed by atoms with Gasteiger partial charge in [-0.2, -0.15) is 0 Å². The first-order valence-corrected chi connectivity index (χ1v) is 9.12. The van der Waals surface area contributed by atoms with Crippen LogP contribution in [0.1, 0.15) is 25.3 Å². The minimum Gasteiger partial charge on any atom is -0.496 e. The van der Waals surface area contributed by atoms with Crippen molar-refractivity contribution in [3.63, 3.8) is 0 Å². The molecule has 0 aliphatic carbocycles. The first-order valence-electron chi connectivity index (χ1n) is 9.12. The van der Waals surface area contributed by atoms with Crippen LogP contribution < -0.4 is 15.4 Å². The Balaban J connectivity index is 1.76. The van der Waals surface area contributed by atoms with E-state index in [-0.39, 0.29) is 6.61 Å². The highest BCUT2D eigenvalue weighted by molar-refractivity contribution is 6.09. The second kappa shape index (κ2) is 7.76. The molecule has 152 valence electrons. The van der Waals surface area contributed by atoms with Gasteiger partial charge in [0.15, 0.2) is 0 Å². The summed E-state index contributed by atoms with van der Waals surface area (Å²) in [6.07, 6.45) is 0.933. The molecule has 1 unspecified atom stereocenters. The summed E-state index contributed by atoms with van der Waals surface area (Å²) in [6.45, 7) is 1.77. The van der Waals surface area contributed by atoms with E-state index in [0.29, 0.717) is 37.4 Å². The Hall–Kier alpha value is -2.65. The van der Waals surface area contributed by atoms with Crippen molar-refractivity contribution >= 4 is 17.8 Å². The Morgan fingerprint density at radius 1 is 1.32 bits per heavy atom. The zero-order valence-corrected chi connectivity index (χ0v) is 16.0. The molecule has 1 aromatic carbocycles. The third kappa shape index (κ3) is 3.55. The van der Waals surface area contributed by atoms with Gasteiger partial charge in [0.1, 0.15) is 17.8 Å². The predicted octanol–water partition coefficient (Wildman–Crippen LogP) is 0.120. The molecule has 0 saturated carbocycles. The molecular weight excluding hydrogens is 366 g/mol. The molecule has 0 aromatic heterocycles. The van der Waals surface area contributed by atoms with E-state index in [1.54, 1.807) is 31.2 Å². The number of imide groups is 1. The number of ether oxygens (including phenoxy) is 2. The maximum atomic E-state index is 13.0. The number of urea groups is 1. The van der Waals surface area contributed by atoms with Gasteiger partial charge in [0.25, 0.3) is 5.91 Å². The zero-order chi connectivity index (χ0) is 20.4. The zero-order valence-electron chi connectivity index (χ0n) is 16.0. The summed E-state index contributed by atoms with van der Waals surface area (Å²) in [5, 5.41) is 15.1. The molecule has 3 rings (SSSR count). The number of para-hydroxylation sites is 1. The van der Waals surface area contributed by atoms with Crippen LogP contribution >= 0.6 is 0 Å². The molecule has 9 nitrogen and oxygen atoms in total. The number of amides is 4. The second-order valence-electron chi connectivity index (χ2n) is 7.25. The lowest BCUT2D eigenvalue weighted by atomic mass is 9.90. The Morgan fingerprint density at radius 3 is 2.64 bits per heavy atom. The van der Waals surface area contributed by atoms with Crippen LogP contribution in [0.5, 0.6) is 5.75 Å². The molecule has 0 bridgehead atoms. The van der Waals surface area contributed by atoms with E-state index in [9.17, 15) is 19.5 Å². The van der Waals surface area contributed by atoms with E-state index in [4.69, 9.17) is 9.47 Å². The Labute approximate surface area is 163 Å². The molecule has 2 aliphatic rings. The van der Waals surface area contributed by atoms with Crippen LogP contribution in [0.2, 0.25) is 0 Å². The van der Waals surface area contributed by atoms with Gasteiger partial charge in [-0.15, -0.1) is 0 Å². The van der Waals surface area contributed by atoms with Gasteiger partial charge in [0.2, 0.25) is 5.91 Å². The molecule has 1 aromatic rings. The molecule has 2 saturated heterocycles. The van der Waals surface area contributed by atoms with Crippen LogP contribution in [0.3, 0.4) is 0 Å². The summed E-state index contributed by atoms with van der Waals surface area (Å²) in [4.78, 5) is 38.9. The van der Waals surface area contributed by atoms with Crippen LogP contribution in [-0.2, 0) is 19.9 Å². The lowest BCUT2D eigenvalue weighted by Gasteiger charge is -2.36. The Morgan fingerprint density at radius 2 is 2.00 bits per heavy atom. The maximum absolute atomic E-state index is 13.0. The number of nitrogens with zero attached hydrogens (tertiary/aromatic N) is 1. The van der Waals surface area contributed by atoms with Crippen molar-refractivity contribution < 1.29 is 29.0 Å². The molecular formula is C19H25N3O6. The lowest BCUT2D eigenvalue weighted by Crippen LogP contribution is -2.57. The van der Waals surface area contributed by atoms with Gasteiger partial charge in [0.05, 0.1) is 19.3 Å². The summed E-state index contributed by atoms with van der Waals surface area (Å²) in [5.74, 6) is -0.586. The first kappa shape index (κ1) is 20.1. The van der Waals surface area contributed by atoms with E-state index < -0.39 is 35.5 Å². The lowest BCUT2D eigenvalue weighted by molar-refractivity contribution is -0.136. The van der Waals surface area contributed by atoms with Gasteiger partial charge < -0.3 is 25.2 Å². The smallest absolute Gasteiger partial charge is 0.325 e. The van der Waals surface area contributed by atoms with Crippen LogP contribution in [-0.4, -0.2) is 66.9 Å². The summed E-state index contributed by atoms with van der Waals surface area (Å²) >= 11 is 0. The van der Waals surface area contributed by atoms with Gasteiger partial charge >= 0.3 is 6.03 Å². The number of benzene rings is 1. The molecule has 2 fully saturated rings. The molecule has 3 N–H and O–H groups in total. The fraction of sp³-hybridized carbons (Fsp3) is 0.526. The maximum Gasteiger partial charge on any atom is 0.325 e. The Kier molecular flexibility index (Phi) is 5.57. The van der Waals surface area contributed by atoms with Crippen LogP contribution in [0.25, 0.3) is 0 Å². The molecule has 1 atom stereocenters. The van der Waals surface area contributed by atoms with E-state index >= 15 is 0 Å². The number of hydrogen-bond donors (Lipinski definition) is 3. The van der Waals surface area contributed by atoms with E-state index in [1.807, 2.05) is 0 Å². The SMILES string of the molecule is COc1ccccc1C1(C)NC(=O)N(CC(=O)NC2(CO)CCOCC2)C1=O. The van der Waals surface area contributed by atoms with Gasteiger partial charge in [0, 0.05) is 18.8 Å². The van der Waals surface area contributed by atoms with Gasteiger partial charge in [-0.25, -0.2) is 4.79 Å². The van der Waals surface area contributed by atoms with Crippen LogP contribution in [0.15, 0.2) is 24.3 Å². The number of carbonyl (C=O) groups is 3. The summed E-state index contributed by atoms with van der Waals surface area (Å²) in [5.41, 5.74) is -1.62. The van der Waals surface area contributed by atoms with Crippen molar-refractivity contribution in [1.29, 1.82) is 0 Å². The third-order valence-corrected chi connectivity index (χ3v) is 5.38. The average molecular weight is 391 g/mol. The first-order chi connectivity index (χ1) is 13.3. The van der Waals surface area contributed by atoms with Crippen molar-refractivity contribution in [3.8, 4) is 5.75 Å². The number of hydrogen-bond acceptors (Lipinski definition) is 6. The topological polar surface area (TPSA) is 117 Å². The number of methoxy groups -OCH3 is 1.